The zero-order valence-corrected chi connectivity index (χ0v) is 12.7. The maximum atomic E-state index is 12.1. The molecule has 2 N–H and O–H groups in total. The van der Waals surface area contributed by atoms with Crippen LogP contribution in [0.5, 0.6) is 5.75 Å². The monoisotopic (exact) mass is 286 g/mol. The minimum absolute atomic E-state index is 0.278. The van der Waals surface area contributed by atoms with E-state index in [9.17, 15) is 8.42 Å². The third-order valence-electron chi connectivity index (χ3n) is 2.79. The van der Waals surface area contributed by atoms with Gasteiger partial charge in [0.1, 0.15) is 5.75 Å². The number of hydrogen-bond acceptors (Lipinski definition) is 4. The molecule has 0 aliphatic rings. The Kier molecular flexibility index (Phi) is 5.78. The first-order valence-corrected chi connectivity index (χ1v) is 7.76. The van der Waals surface area contributed by atoms with Crippen molar-refractivity contribution >= 4 is 10.0 Å². The molecule has 0 heterocycles. The maximum absolute atomic E-state index is 12.1. The Balaban J connectivity index is 2.90. The fourth-order valence-electron chi connectivity index (χ4n) is 1.92. The van der Waals surface area contributed by atoms with Crippen LogP contribution in [0, 0.1) is 13.8 Å². The quantitative estimate of drug-likeness (QED) is 0.739. The molecule has 0 aliphatic heterocycles. The van der Waals surface area contributed by atoms with Gasteiger partial charge in [0.25, 0.3) is 0 Å². The number of aryl methyl sites for hydroxylation is 2. The summed E-state index contributed by atoms with van der Waals surface area (Å²) in [4.78, 5) is 0.278. The Morgan fingerprint density at radius 1 is 1.16 bits per heavy atom. The Morgan fingerprint density at radius 2 is 1.74 bits per heavy atom. The standard InChI is InChI=1S/C13H22N2O3S/c1-5-14-6-7-15-19(16,17)12-8-10(2)13(18-4)11(3)9-12/h8-9,14-15H,5-7H2,1-4H3. The van der Waals surface area contributed by atoms with Gasteiger partial charge in [0.15, 0.2) is 0 Å². The molecule has 0 atom stereocenters. The van der Waals surface area contributed by atoms with Gasteiger partial charge in [-0.2, -0.15) is 0 Å². The summed E-state index contributed by atoms with van der Waals surface area (Å²) in [6.07, 6.45) is 0. The van der Waals surface area contributed by atoms with E-state index in [0.29, 0.717) is 13.1 Å². The van der Waals surface area contributed by atoms with Crippen LogP contribution < -0.4 is 14.8 Å². The molecule has 0 radical (unpaired) electrons. The van der Waals surface area contributed by atoms with Crippen LogP contribution in [0.3, 0.4) is 0 Å². The van der Waals surface area contributed by atoms with Gasteiger partial charge >= 0.3 is 0 Å². The second-order valence-electron chi connectivity index (χ2n) is 4.34. The van der Waals surface area contributed by atoms with E-state index in [1.165, 1.54) is 0 Å². The van der Waals surface area contributed by atoms with E-state index in [4.69, 9.17) is 4.74 Å². The second kappa shape index (κ2) is 6.88. The van der Waals surface area contributed by atoms with Gasteiger partial charge < -0.3 is 10.1 Å². The molecule has 0 bridgehead atoms. The van der Waals surface area contributed by atoms with Gasteiger partial charge in [-0.15, -0.1) is 0 Å². The summed E-state index contributed by atoms with van der Waals surface area (Å²) in [6, 6.07) is 3.25. The molecule has 0 unspecified atom stereocenters. The highest BCUT2D eigenvalue weighted by Gasteiger charge is 2.16. The summed E-state index contributed by atoms with van der Waals surface area (Å²) in [5.41, 5.74) is 1.63. The third kappa shape index (κ3) is 4.19. The van der Waals surface area contributed by atoms with E-state index in [2.05, 4.69) is 10.0 Å². The summed E-state index contributed by atoms with van der Waals surface area (Å²) < 4.78 is 32.0. The molecule has 6 heteroatoms. The van der Waals surface area contributed by atoms with Crippen LogP contribution in [0.4, 0.5) is 0 Å². The molecular formula is C13H22N2O3S. The van der Waals surface area contributed by atoms with Crippen molar-refractivity contribution in [2.24, 2.45) is 0 Å². The number of rotatable bonds is 7. The van der Waals surface area contributed by atoms with Gasteiger partial charge in [-0.05, 0) is 43.7 Å². The van der Waals surface area contributed by atoms with Gasteiger partial charge in [0, 0.05) is 13.1 Å². The average molecular weight is 286 g/mol. The molecular weight excluding hydrogens is 264 g/mol. The normalized spacial score (nSPS) is 11.6. The lowest BCUT2D eigenvalue weighted by atomic mass is 10.1. The molecule has 5 nitrogen and oxygen atoms in total. The lowest BCUT2D eigenvalue weighted by molar-refractivity contribution is 0.408. The van der Waals surface area contributed by atoms with Crippen molar-refractivity contribution in [3.63, 3.8) is 0 Å². The summed E-state index contributed by atoms with van der Waals surface area (Å²) in [5, 5.41) is 3.07. The van der Waals surface area contributed by atoms with Gasteiger partial charge in [0.2, 0.25) is 10.0 Å². The summed E-state index contributed by atoms with van der Waals surface area (Å²) >= 11 is 0. The first-order chi connectivity index (χ1) is 8.92. The van der Waals surface area contributed by atoms with E-state index in [-0.39, 0.29) is 4.90 Å². The SMILES string of the molecule is CCNCCNS(=O)(=O)c1cc(C)c(OC)c(C)c1. The molecule has 108 valence electrons. The fourth-order valence-corrected chi connectivity index (χ4v) is 3.12. The predicted molar refractivity (Wildman–Crippen MR) is 76.2 cm³/mol. The molecule has 0 spiro atoms. The number of likely N-dealkylation sites (N-methyl/N-ethyl adjacent to an activating group) is 1. The largest absolute Gasteiger partial charge is 0.496 e. The molecule has 0 aliphatic carbocycles. The van der Waals surface area contributed by atoms with Crippen LogP contribution in [-0.2, 0) is 10.0 Å². The second-order valence-corrected chi connectivity index (χ2v) is 6.11. The number of nitrogens with one attached hydrogen (secondary N) is 2. The maximum Gasteiger partial charge on any atom is 0.240 e. The van der Waals surface area contributed by atoms with Gasteiger partial charge in [-0.3, -0.25) is 0 Å². The topological polar surface area (TPSA) is 67.4 Å². The van der Waals surface area contributed by atoms with Crippen LogP contribution in [0.1, 0.15) is 18.1 Å². The van der Waals surface area contributed by atoms with Crippen LogP contribution in [0.25, 0.3) is 0 Å². The predicted octanol–water partition coefficient (Wildman–Crippen LogP) is 1.20. The number of benzene rings is 1. The van der Waals surface area contributed by atoms with Crippen LogP contribution in [-0.4, -0.2) is 35.2 Å². The van der Waals surface area contributed by atoms with E-state index < -0.39 is 10.0 Å². The van der Waals surface area contributed by atoms with Crippen molar-refractivity contribution < 1.29 is 13.2 Å². The smallest absolute Gasteiger partial charge is 0.240 e. The molecule has 0 saturated heterocycles. The third-order valence-corrected chi connectivity index (χ3v) is 4.23. The highest BCUT2D eigenvalue weighted by atomic mass is 32.2. The lowest BCUT2D eigenvalue weighted by Gasteiger charge is -2.12. The lowest BCUT2D eigenvalue weighted by Crippen LogP contribution is -2.31. The molecule has 19 heavy (non-hydrogen) atoms. The average Bonchev–Trinajstić information content (AvgIpc) is 2.34. The molecule has 1 aromatic rings. The first kappa shape index (κ1) is 15.9. The van der Waals surface area contributed by atoms with Crippen molar-refractivity contribution in [1.29, 1.82) is 0 Å². The first-order valence-electron chi connectivity index (χ1n) is 6.28. The summed E-state index contributed by atoms with van der Waals surface area (Å²) in [7, 11) is -1.87. The van der Waals surface area contributed by atoms with Crippen molar-refractivity contribution in [2.45, 2.75) is 25.7 Å². The number of methoxy groups -OCH3 is 1. The Bertz CT molecular complexity index is 504. The molecule has 1 rings (SSSR count). The minimum atomic E-state index is -3.46. The van der Waals surface area contributed by atoms with E-state index in [0.717, 1.165) is 23.4 Å². The van der Waals surface area contributed by atoms with Crippen LogP contribution >= 0.6 is 0 Å². The molecule has 0 saturated carbocycles. The van der Waals surface area contributed by atoms with Crippen molar-refractivity contribution in [3.05, 3.63) is 23.3 Å². The van der Waals surface area contributed by atoms with E-state index in [1.807, 2.05) is 20.8 Å². The number of sulfonamides is 1. The van der Waals surface area contributed by atoms with Crippen molar-refractivity contribution in [2.75, 3.05) is 26.7 Å². The minimum Gasteiger partial charge on any atom is -0.496 e. The van der Waals surface area contributed by atoms with Gasteiger partial charge in [0.05, 0.1) is 12.0 Å². The fraction of sp³-hybridized carbons (Fsp3) is 0.538. The van der Waals surface area contributed by atoms with E-state index in [1.54, 1.807) is 19.2 Å². The van der Waals surface area contributed by atoms with Gasteiger partial charge in [-0.25, -0.2) is 13.1 Å². The molecule has 0 amide bonds. The summed E-state index contributed by atoms with van der Waals surface area (Å²) in [5.74, 6) is 0.728. The van der Waals surface area contributed by atoms with Gasteiger partial charge in [-0.1, -0.05) is 6.92 Å². The zero-order valence-electron chi connectivity index (χ0n) is 11.9. The number of hydrogen-bond donors (Lipinski definition) is 2. The molecule has 1 aromatic carbocycles. The van der Waals surface area contributed by atoms with Crippen molar-refractivity contribution in [1.82, 2.24) is 10.0 Å². The zero-order chi connectivity index (χ0) is 14.5. The molecule has 0 fully saturated rings. The van der Waals surface area contributed by atoms with E-state index >= 15 is 0 Å². The highest BCUT2D eigenvalue weighted by Crippen LogP contribution is 2.26. The Labute approximate surface area is 115 Å². The Hall–Kier alpha value is -1.11. The van der Waals surface area contributed by atoms with Crippen LogP contribution in [0.2, 0.25) is 0 Å². The molecule has 0 aromatic heterocycles. The highest BCUT2D eigenvalue weighted by molar-refractivity contribution is 7.89. The van der Waals surface area contributed by atoms with Crippen molar-refractivity contribution in [3.8, 4) is 5.75 Å². The Morgan fingerprint density at radius 3 is 2.21 bits per heavy atom. The summed E-state index contributed by atoms with van der Waals surface area (Å²) in [6.45, 7) is 7.46. The number of ether oxygens (including phenoxy) is 1. The van der Waals surface area contributed by atoms with Crippen LogP contribution in [0.15, 0.2) is 17.0 Å².